The average molecular weight is 448 g/mol. The number of carbonyl (C=O) groups excluding carboxylic acids is 1. The molecule has 4 rings (SSSR count). The van der Waals surface area contributed by atoms with Crippen LogP contribution in [0, 0.1) is 0 Å². The first-order chi connectivity index (χ1) is 15.6. The molecule has 0 aliphatic carbocycles. The highest BCUT2D eigenvalue weighted by atomic mass is 35.5. The predicted octanol–water partition coefficient (Wildman–Crippen LogP) is 6.16. The third-order valence-electron chi connectivity index (χ3n) is 5.52. The van der Waals surface area contributed by atoms with Gasteiger partial charge >= 0.3 is 5.97 Å². The van der Waals surface area contributed by atoms with Gasteiger partial charge in [-0.1, -0.05) is 48.9 Å². The Morgan fingerprint density at radius 3 is 2.59 bits per heavy atom. The molecule has 0 aliphatic rings. The largest absolute Gasteiger partial charge is 0.466 e. The van der Waals surface area contributed by atoms with Gasteiger partial charge in [0.1, 0.15) is 5.15 Å². The Bertz CT molecular complexity index is 1230. The van der Waals surface area contributed by atoms with E-state index >= 15 is 0 Å². The van der Waals surface area contributed by atoms with Crippen LogP contribution in [0.2, 0.25) is 5.15 Å². The van der Waals surface area contributed by atoms with Gasteiger partial charge in [-0.3, -0.25) is 4.79 Å². The molecule has 164 valence electrons. The minimum atomic E-state index is -0.174. The lowest BCUT2D eigenvalue weighted by Crippen LogP contribution is -2.08. The lowest BCUT2D eigenvalue weighted by molar-refractivity contribution is -0.143. The average Bonchev–Trinajstić information content (AvgIpc) is 3.22. The number of esters is 1. The molecule has 0 aliphatic heterocycles. The Morgan fingerprint density at radius 1 is 1.06 bits per heavy atom. The summed E-state index contributed by atoms with van der Waals surface area (Å²) in [7, 11) is 0. The normalized spacial score (nSPS) is 11.1. The van der Waals surface area contributed by atoms with Crippen molar-refractivity contribution >= 4 is 23.1 Å². The van der Waals surface area contributed by atoms with Gasteiger partial charge < -0.3 is 4.74 Å². The zero-order chi connectivity index (χ0) is 22.5. The number of pyridine rings is 1. The molecular formula is C26H26ClN3O2. The summed E-state index contributed by atoms with van der Waals surface area (Å²) in [4.78, 5) is 16.1. The van der Waals surface area contributed by atoms with Crippen LogP contribution in [0.25, 0.3) is 27.9 Å². The van der Waals surface area contributed by atoms with Gasteiger partial charge in [0.2, 0.25) is 0 Å². The molecule has 4 aromatic rings. The van der Waals surface area contributed by atoms with Gasteiger partial charge in [0.15, 0.2) is 0 Å². The minimum Gasteiger partial charge on any atom is -0.466 e. The first kappa shape index (κ1) is 22.0. The highest BCUT2D eigenvalue weighted by Crippen LogP contribution is 2.37. The molecule has 5 nitrogen and oxygen atoms in total. The van der Waals surface area contributed by atoms with Crippen LogP contribution in [-0.2, 0) is 22.4 Å². The topological polar surface area (TPSA) is 56.5 Å². The third-order valence-corrected chi connectivity index (χ3v) is 5.72. The fourth-order valence-corrected chi connectivity index (χ4v) is 4.25. The van der Waals surface area contributed by atoms with Gasteiger partial charge in [0.25, 0.3) is 0 Å². The highest BCUT2D eigenvalue weighted by molar-refractivity contribution is 6.29. The lowest BCUT2D eigenvalue weighted by atomic mass is 9.93. The van der Waals surface area contributed by atoms with E-state index in [0.717, 1.165) is 45.6 Å². The molecule has 6 heteroatoms. The number of rotatable bonds is 8. The molecule has 0 fully saturated rings. The van der Waals surface area contributed by atoms with Gasteiger partial charge in [-0.05, 0) is 61.6 Å². The van der Waals surface area contributed by atoms with Crippen molar-refractivity contribution in [2.24, 2.45) is 0 Å². The van der Waals surface area contributed by atoms with E-state index in [0.29, 0.717) is 31.0 Å². The van der Waals surface area contributed by atoms with E-state index < -0.39 is 0 Å². The Hall–Kier alpha value is -3.18. The first-order valence-corrected chi connectivity index (χ1v) is 11.4. The van der Waals surface area contributed by atoms with E-state index in [1.165, 1.54) is 0 Å². The standard InChI is InChI=1S/C26H26ClN3O2/c1-3-20-13-14-22-25(19-15-16-28-23(27)17-19)21(11-8-12-24(31)32-4-2)26(29-30(20)22)18-9-6-5-7-10-18/h5-7,9-10,13-17H,3-4,8,11-12H2,1-2H3. The maximum Gasteiger partial charge on any atom is 0.305 e. The van der Waals surface area contributed by atoms with Crippen LogP contribution in [0.15, 0.2) is 60.8 Å². The summed E-state index contributed by atoms with van der Waals surface area (Å²) in [6.45, 7) is 4.35. The number of aromatic nitrogens is 3. The molecular weight excluding hydrogens is 422 g/mol. The van der Waals surface area contributed by atoms with E-state index in [-0.39, 0.29) is 5.97 Å². The molecule has 0 radical (unpaired) electrons. The number of hydrogen-bond acceptors (Lipinski definition) is 4. The number of hydrogen-bond donors (Lipinski definition) is 0. The maximum absolute atomic E-state index is 12.0. The Kier molecular flexibility index (Phi) is 6.86. The number of aryl methyl sites for hydroxylation is 1. The number of ether oxygens (including phenoxy) is 1. The zero-order valence-electron chi connectivity index (χ0n) is 18.3. The van der Waals surface area contributed by atoms with Gasteiger partial charge in [-0.2, -0.15) is 5.10 Å². The van der Waals surface area contributed by atoms with Gasteiger partial charge in [0, 0.05) is 29.4 Å². The fourth-order valence-electron chi connectivity index (χ4n) is 4.07. The van der Waals surface area contributed by atoms with Crippen molar-refractivity contribution in [3.05, 3.63) is 77.2 Å². The monoisotopic (exact) mass is 447 g/mol. The molecule has 0 spiro atoms. The van der Waals surface area contributed by atoms with Crippen LogP contribution in [0.1, 0.15) is 37.9 Å². The summed E-state index contributed by atoms with van der Waals surface area (Å²) < 4.78 is 7.16. The summed E-state index contributed by atoms with van der Waals surface area (Å²) in [6, 6.07) is 18.3. The fraction of sp³-hybridized carbons (Fsp3) is 0.269. The van der Waals surface area contributed by atoms with Crippen LogP contribution < -0.4 is 0 Å². The molecule has 1 aromatic carbocycles. The summed E-state index contributed by atoms with van der Waals surface area (Å²) in [5.41, 5.74) is 7.27. The van der Waals surface area contributed by atoms with Gasteiger partial charge in [0.05, 0.1) is 17.8 Å². The van der Waals surface area contributed by atoms with Crippen molar-refractivity contribution in [2.45, 2.75) is 39.5 Å². The van der Waals surface area contributed by atoms with E-state index in [4.69, 9.17) is 21.4 Å². The molecule has 32 heavy (non-hydrogen) atoms. The maximum atomic E-state index is 12.0. The van der Waals surface area contributed by atoms with Gasteiger partial charge in [-0.25, -0.2) is 9.50 Å². The SMILES string of the molecule is CCOC(=O)CCCc1c(-c2ccccc2)nn2c(CC)ccc2c1-c1ccnc(Cl)c1. The Balaban J connectivity index is 1.93. The smallest absolute Gasteiger partial charge is 0.305 e. The zero-order valence-corrected chi connectivity index (χ0v) is 19.1. The molecule has 0 bridgehead atoms. The Labute approximate surface area is 193 Å². The number of halogens is 1. The highest BCUT2D eigenvalue weighted by Gasteiger charge is 2.20. The van der Waals surface area contributed by atoms with Crippen molar-refractivity contribution < 1.29 is 9.53 Å². The molecule has 0 N–H and O–H groups in total. The van der Waals surface area contributed by atoms with E-state index in [2.05, 4.69) is 36.2 Å². The summed E-state index contributed by atoms with van der Waals surface area (Å²) in [5.74, 6) is -0.174. The number of benzene rings is 1. The number of carbonyl (C=O) groups is 1. The van der Waals surface area contributed by atoms with Gasteiger partial charge in [-0.15, -0.1) is 0 Å². The van der Waals surface area contributed by atoms with Crippen molar-refractivity contribution in [3.63, 3.8) is 0 Å². The predicted molar refractivity (Wildman–Crippen MR) is 128 cm³/mol. The quantitative estimate of drug-likeness (QED) is 0.239. The second-order valence-electron chi connectivity index (χ2n) is 7.57. The lowest BCUT2D eigenvalue weighted by Gasteiger charge is -2.18. The second kappa shape index (κ2) is 9.96. The van der Waals surface area contributed by atoms with Crippen molar-refractivity contribution in [1.29, 1.82) is 0 Å². The molecule has 3 aromatic heterocycles. The molecule has 0 amide bonds. The van der Waals surface area contributed by atoms with E-state index in [9.17, 15) is 4.79 Å². The number of nitrogens with zero attached hydrogens (tertiary/aromatic N) is 3. The molecule has 3 heterocycles. The summed E-state index contributed by atoms with van der Waals surface area (Å²) in [6.07, 6.45) is 4.32. The van der Waals surface area contributed by atoms with Crippen LogP contribution in [0.3, 0.4) is 0 Å². The molecule has 0 unspecified atom stereocenters. The van der Waals surface area contributed by atoms with Crippen LogP contribution in [-0.4, -0.2) is 27.2 Å². The minimum absolute atomic E-state index is 0.174. The molecule has 0 saturated heterocycles. The van der Waals surface area contributed by atoms with Crippen LogP contribution in [0.5, 0.6) is 0 Å². The van der Waals surface area contributed by atoms with Crippen LogP contribution >= 0.6 is 11.6 Å². The Morgan fingerprint density at radius 2 is 1.88 bits per heavy atom. The molecule has 0 atom stereocenters. The third kappa shape index (κ3) is 4.53. The van der Waals surface area contributed by atoms with Crippen molar-refractivity contribution in [1.82, 2.24) is 14.6 Å². The van der Waals surface area contributed by atoms with Crippen LogP contribution in [0.4, 0.5) is 0 Å². The van der Waals surface area contributed by atoms with Crippen molar-refractivity contribution in [3.8, 4) is 22.4 Å². The molecule has 0 saturated carbocycles. The van der Waals surface area contributed by atoms with E-state index in [1.54, 1.807) is 6.20 Å². The first-order valence-electron chi connectivity index (χ1n) is 11.0. The summed E-state index contributed by atoms with van der Waals surface area (Å²) >= 11 is 6.27. The number of fused-ring (bicyclic) bond motifs is 1. The van der Waals surface area contributed by atoms with E-state index in [1.807, 2.05) is 41.8 Å². The van der Waals surface area contributed by atoms with Crippen molar-refractivity contribution in [2.75, 3.05) is 6.61 Å². The summed E-state index contributed by atoms with van der Waals surface area (Å²) in [5, 5.41) is 5.51. The second-order valence-corrected chi connectivity index (χ2v) is 7.96.